The zero-order valence-electron chi connectivity index (χ0n) is 10.2. The first kappa shape index (κ1) is 12.2. The van der Waals surface area contributed by atoms with Crippen molar-refractivity contribution < 1.29 is 9.53 Å². The van der Waals surface area contributed by atoms with Gasteiger partial charge < -0.3 is 15.4 Å². The maximum Gasteiger partial charge on any atom is 0.220 e. The summed E-state index contributed by atoms with van der Waals surface area (Å²) in [6, 6.07) is 7.51. The Hall–Kier alpha value is -2.22. The van der Waals surface area contributed by atoms with Crippen LogP contribution in [0, 0.1) is 11.3 Å². The number of hydrogen-bond acceptors (Lipinski definition) is 4. The Morgan fingerprint density at radius 3 is 3.06 bits per heavy atom. The van der Waals surface area contributed by atoms with Crippen LogP contribution in [-0.4, -0.2) is 25.6 Å². The number of anilines is 1. The van der Waals surface area contributed by atoms with Gasteiger partial charge in [0.1, 0.15) is 11.8 Å². The van der Waals surface area contributed by atoms with Crippen molar-refractivity contribution in [2.24, 2.45) is 0 Å². The van der Waals surface area contributed by atoms with Crippen LogP contribution >= 0.6 is 0 Å². The summed E-state index contributed by atoms with van der Waals surface area (Å²) in [5.41, 5.74) is 1.30. The summed E-state index contributed by atoms with van der Waals surface area (Å²) >= 11 is 0. The van der Waals surface area contributed by atoms with Gasteiger partial charge in [0, 0.05) is 25.1 Å². The van der Waals surface area contributed by atoms with Gasteiger partial charge in [-0.1, -0.05) is 0 Å². The van der Waals surface area contributed by atoms with E-state index in [1.165, 1.54) is 0 Å². The number of rotatable bonds is 4. The molecule has 1 unspecified atom stereocenters. The lowest BCUT2D eigenvalue weighted by molar-refractivity contribution is -0.119. The van der Waals surface area contributed by atoms with Gasteiger partial charge in [0.15, 0.2) is 0 Å². The molecule has 5 heteroatoms. The molecule has 0 spiro atoms. The van der Waals surface area contributed by atoms with Gasteiger partial charge in [-0.25, -0.2) is 0 Å². The molecule has 1 atom stereocenters. The number of amides is 1. The summed E-state index contributed by atoms with van der Waals surface area (Å²) in [6.07, 6.45) is 1.41. The van der Waals surface area contributed by atoms with E-state index < -0.39 is 0 Å². The summed E-state index contributed by atoms with van der Waals surface area (Å²) in [7, 11) is 1.59. The van der Waals surface area contributed by atoms with Crippen LogP contribution in [0.15, 0.2) is 18.2 Å². The van der Waals surface area contributed by atoms with E-state index in [9.17, 15) is 4.79 Å². The molecular weight excluding hydrogens is 230 g/mol. The molecule has 0 aliphatic carbocycles. The molecule has 94 valence electrons. The van der Waals surface area contributed by atoms with Crippen LogP contribution < -0.4 is 15.4 Å². The summed E-state index contributed by atoms with van der Waals surface area (Å²) in [4.78, 5) is 11.1. The second kappa shape index (κ2) is 5.41. The number of carbonyl (C=O) groups excluding carboxylic acids is 1. The molecule has 1 saturated heterocycles. The van der Waals surface area contributed by atoms with Crippen molar-refractivity contribution >= 4 is 11.6 Å². The van der Waals surface area contributed by atoms with E-state index in [0.29, 0.717) is 24.3 Å². The highest BCUT2D eigenvalue weighted by Gasteiger charge is 2.20. The monoisotopic (exact) mass is 245 g/mol. The predicted octanol–water partition coefficient (Wildman–Crippen LogP) is 1.26. The first-order valence-corrected chi connectivity index (χ1v) is 5.84. The van der Waals surface area contributed by atoms with E-state index in [2.05, 4.69) is 16.7 Å². The minimum absolute atomic E-state index is 0.0907. The van der Waals surface area contributed by atoms with Crippen molar-refractivity contribution in [1.82, 2.24) is 5.32 Å². The van der Waals surface area contributed by atoms with Gasteiger partial charge in [0.25, 0.3) is 0 Å². The number of nitrogens with one attached hydrogen (secondary N) is 2. The molecule has 0 radical (unpaired) electrons. The van der Waals surface area contributed by atoms with Gasteiger partial charge in [-0.15, -0.1) is 0 Å². The Kier molecular flexibility index (Phi) is 3.68. The summed E-state index contributed by atoms with van der Waals surface area (Å²) in [5, 5.41) is 15.1. The molecule has 1 aliphatic heterocycles. The Morgan fingerprint density at radius 2 is 2.44 bits per heavy atom. The van der Waals surface area contributed by atoms with Gasteiger partial charge in [-0.3, -0.25) is 4.79 Å². The standard InChI is InChI=1S/C13H15N3O2/c1-18-11-4-2-9(7-14)12(6-11)15-8-10-3-5-13(17)16-10/h2,4,6,10,15H,3,5,8H2,1H3,(H,16,17). The normalized spacial score (nSPS) is 18.0. The zero-order valence-corrected chi connectivity index (χ0v) is 10.2. The third kappa shape index (κ3) is 2.72. The highest BCUT2D eigenvalue weighted by Crippen LogP contribution is 2.22. The molecular formula is C13H15N3O2. The Labute approximate surface area is 106 Å². The topological polar surface area (TPSA) is 74.1 Å². The first-order chi connectivity index (χ1) is 8.72. The first-order valence-electron chi connectivity index (χ1n) is 5.84. The van der Waals surface area contributed by atoms with Gasteiger partial charge in [-0.05, 0) is 18.6 Å². The zero-order chi connectivity index (χ0) is 13.0. The van der Waals surface area contributed by atoms with Crippen molar-refractivity contribution in [3.05, 3.63) is 23.8 Å². The number of methoxy groups -OCH3 is 1. The molecule has 2 rings (SSSR count). The lowest BCUT2D eigenvalue weighted by Gasteiger charge is -2.14. The van der Waals surface area contributed by atoms with Crippen LogP contribution in [0.3, 0.4) is 0 Å². The summed E-state index contributed by atoms with van der Waals surface area (Å²) in [5.74, 6) is 0.792. The minimum atomic E-state index is 0.0907. The molecule has 1 fully saturated rings. The SMILES string of the molecule is COc1ccc(C#N)c(NCC2CCC(=O)N2)c1. The quantitative estimate of drug-likeness (QED) is 0.837. The Morgan fingerprint density at radius 1 is 1.61 bits per heavy atom. The molecule has 5 nitrogen and oxygen atoms in total. The van der Waals surface area contributed by atoms with Crippen LogP contribution in [-0.2, 0) is 4.79 Å². The largest absolute Gasteiger partial charge is 0.497 e. The number of benzene rings is 1. The number of nitriles is 1. The Balaban J connectivity index is 2.03. The van der Waals surface area contributed by atoms with E-state index in [1.807, 2.05) is 0 Å². The fourth-order valence-electron chi connectivity index (χ4n) is 1.96. The third-order valence-corrected chi connectivity index (χ3v) is 2.97. The summed E-state index contributed by atoms with van der Waals surface area (Å²) < 4.78 is 5.12. The predicted molar refractivity (Wildman–Crippen MR) is 67.4 cm³/mol. The molecule has 1 aromatic carbocycles. The van der Waals surface area contributed by atoms with Crippen molar-refractivity contribution in [3.8, 4) is 11.8 Å². The van der Waals surface area contributed by atoms with Crippen molar-refractivity contribution in [2.45, 2.75) is 18.9 Å². The van der Waals surface area contributed by atoms with Crippen LogP contribution in [0.4, 0.5) is 5.69 Å². The lowest BCUT2D eigenvalue weighted by Crippen LogP contribution is -2.31. The number of hydrogen-bond donors (Lipinski definition) is 2. The molecule has 1 aliphatic rings. The fourth-order valence-corrected chi connectivity index (χ4v) is 1.96. The van der Waals surface area contributed by atoms with Gasteiger partial charge in [0.2, 0.25) is 5.91 Å². The molecule has 18 heavy (non-hydrogen) atoms. The molecule has 1 aromatic rings. The second-order valence-corrected chi connectivity index (χ2v) is 4.21. The molecule has 1 heterocycles. The molecule has 0 aromatic heterocycles. The van der Waals surface area contributed by atoms with Gasteiger partial charge >= 0.3 is 0 Å². The lowest BCUT2D eigenvalue weighted by atomic mass is 10.1. The molecule has 1 amide bonds. The second-order valence-electron chi connectivity index (χ2n) is 4.21. The highest BCUT2D eigenvalue weighted by atomic mass is 16.5. The van der Waals surface area contributed by atoms with Crippen LogP contribution in [0.5, 0.6) is 5.75 Å². The summed E-state index contributed by atoms with van der Waals surface area (Å²) in [6.45, 7) is 0.619. The Bertz CT molecular complexity index is 493. The average molecular weight is 245 g/mol. The van der Waals surface area contributed by atoms with Crippen LogP contribution in [0.25, 0.3) is 0 Å². The van der Waals surface area contributed by atoms with E-state index >= 15 is 0 Å². The maximum absolute atomic E-state index is 11.1. The minimum Gasteiger partial charge on any atom is -0.497 e. The van der Waals surface area contributed by atoms with E-state index in [-0.39, 0.29) is 11.9 Å². The van der Waals surface area contributed by atoms with Crippen molar-refractivity contribution in [3.63, 3.8) is 0 Å². The van der Waals surface area contributed by atoms with E-state index in [4.69, 9.17) is 10.00 Å². The van der Waals surface area contributed by atoms with Crippen molar-refractivity contribution in [1.29, 1.82) is 5.26 Å². The number of ether oxygens (including phenoxy) is 1. The van der Waals surface area contributed by atoms with Gasteiger partial charge in [0.05, 0.1) is 18.4 Å². The van der Waals surface area contributed by atoms with Crippen LogP contribution in [0.1, 0.15) is 18.4 Å². The molecule has 0 bridgehead atoms. The van der Waals surface area contributed by atoms with Crippen molar-refractivity contribution in [2.75, 3.05) is 19.0 Å². The third-order valence-electron chi connectivity index (χ3n) is 2.97. The highest BCUT2D eigenvalue weighted by molar-refractivity contribution is 5.78. The van der Waals surface area contributed by atoms with Gasteiger partial charge in [-0.2, -0.15) is 5.26 Å². The molecule has 2 N–H and O–H groups in total. The molecule has 0 saturated carbocycles. The van der Waals surface area contributed by atoms with E-state index in [0.717, 1.165) is 12.1 Å². The number of nitrogens with zero attached hydrogens (tertiary/aromatic N) is 1. The average Bonchev–Trinajstić information content (AvgIpc) is 2.81. The van der Waals surface area contributed by atoms with Crippen LogP contribution in [0.2, 0.25) is 0 Å². The van der Waals surface area contributed by atoms with E-state index in [1.54, 1.807) is 25.3 Å². The smallest absolute Gasteiger partial charge is 0.220 e. The maximum atomic E-state index is 11.1. The fraction of sp³-hybridized carbons (Fsp3) is 0.385. The number of carbonyl (C=O) groups is 1.